The second-order valence-corrected chi connectivity index (χ2v) is 4.66. The van der Waals surface area contributed by atoms with E-state index in [0.717, 1.165) is 23.1 Å². The molecule has 0 saturated heterocycles. The second-order valence-electron chi connectivity index (χ2n) is 4.66. The summed E-state index contributed by atoms with van der Waals surface area (Å²) in [5.74, 6) is 0.859. The Labute approximate surface area is 123 Å². The molecule has 0 fully saturated rings. The van der Waals surface area contributed by atoms with E-state index in [0.29, 0.717) is 12.6 Å². The fourth-order valence-corrected chi connectivity index (χ4v) is 2.08. The average molecular weight is 280 g/mol. The number of hydrogen-bond acceptors (Lipinski definition) is 4. The number of rotatable bonds is 5. The number of hydrogen-bond donors (Lipinski definition) is 0. The lowest BCUT2D eigenvalue weighted by Gasteiger charge is -2.06. The van der Waals surface area contributed by atoms with E-state index in [-0.39, 0.29) is 0 Å². The lowest BCUT2D eigenvalue weighted by Crippen LogP contribution is -2.04. The molecule has 0 aliphatic heterocycles. The average Bonchev–Trinajstić information content (AvgIpc) is 2.55. The Kier molecular flexibility index (Phi) is 3.96. The van der Waals surface area contributed by atoms with E-state index in [1.165, 1.54) is 5.56 Å². The number of aromatic nitrogens is 2. The summed E-state index contributed by atoms with van der Waals surface area (Å²) in [6.45, 7) is 0.546. The van der Waals surface area contributed by atoms with Gasteiger partial charge in [0, 0.05) is 18.0 Å². The van der Waals surface area contributed by atoms with E-state index >= 15 is 0 Å². The first kappa shape index (κ1) is 13.4. The van der Waals surface area contributed by atoms with Crippen molar-refractivity contribution in [3.8, 4) is 11.8 Å². The number of fused-ring (bicyclic) bond motifs is 1. The van der Waals surface area contributed by atoms with Gasteiger partial charge in [0.1, 0.15) is 5.75 Å². The summed E-state index contributed by atoms with van der Waals surface area (Å²) >= 11 is 0. The molecule has 0 atom stereocenters. The van der Waals surface area contributed by atoms with Crippen LogP contribution in [0.15, 0.2) is 54.7 Å². The Bertz CT molecular complexity index is 726. The predicted molar refractivity (Wildman–Crippen MR) is 81.7 cm³/mol. The van der Waals surface area contributed by atoms with Crippen molar-refractivity contribution in [2.24, 2.45) is 0 Å². The van der Waals surface area contributed by atoms with Crippen molar-refractivity contribution in [1.82, 2.24) is 9.97 Å². The highest BCUT2D eigenvalue weighted by Crippen LogP contribution is 2.14. The molecule has 3 aromatic rings. The summed E-state index contributed by atoms with van der Waals surface area (Å²) in [4.78, 5) is 8.59. The quantitative estimate of drug-likeness (QED) is 0.719. The zero-order valence-corrected chi connectivity index (χ0v) is 11.8. The number of para-hydroxylation sites is 1. The Hall–Kier alpha value is -2.62. The van der Waals surface area contributed by atoms with E-state index in [1.54, 1.807) is 13.3 Å². The minimum Gasteiger partial charge on any atom is -0.497 e. The maximum atomic E-state index is 5.62. The highest BCUT2D eigenvalue weighted by molar-refractivity contribution is 5.77. The molecule has 3 rings (SSSR count). The van der Waals surface area contributed by atoms with Crippen LogP contribution in [0.2, 0.25) is 0 Å². The molecule has 0 unspecified atom stereocenters. The van der Waals surface area contributed by atoms with Crippen molar-refractivity contribution in [1.29, 1.82) is 0 Å². The van der Waals surface area contributed by atoms with E-state index in [1.807, 2.05) is 48.5 Å². The van der Waals surface area contributed by atoms with Crippen LogP contribution in [-0.4, -0.2) is 23.7 Å². The lowest BCUT2D eigenvalue weighted by atomic mass is 10.1. The SMILES string of the molecule is COc1ccc(CCOc2ncc3ccccc3n2)cc1. The molecular weight excluding hydrogens is 264 g/mol. The third-order valence-electron chi connectivity index (χ3n) is 3.25. The van der Waals surface area contributed by atoms with Crippen LogP contribution >= 0.6 is 0 Å². The molecule has 0 aliphatic carbocycles. The zero-order valence-electron chi connectivity index (χ0n) is 11.8. The van der Waals surface area contributed by atoms with Gasteiger partial charge < -0.3 is 9.47 Å². The van der Waals surface area contributed by atoms with Gasteiger partial charge >= 0.3 is 6.01 Å². The first-order valence-electron chi connectivity index (χ1n) is 6.83. The largest absolute Gasteiger partial charge is 0.497 e. The van der Waals surface area contributed by atoms with Gasteiger partial charge in [-0.15, -0.1) is 0 Å². The Morgan fingerprint density at radius 1 is 1.00 bits per heavy atom. The third kappa shape index (κ3) is 3.28. The molecule has 0 N–H and O–H groups in total. The summed E-state index contributed by atoms with van der Waals surface area (Å²) < 4.78 is 10.8. The Morgan fingerprint density at radius 3 is 2.62 bits per heavy atom. The van der Waals surface area contributed by atoms with Crippen LogP contribution in [0.3, 0.4) is 0 Å². The third-order valence-corrected chi connectivity index (χ3v) is 3.25. The summed E-state index contributed by atoms with van der Waals surface area (Å²) in [6, 6.07) is 16.2. The normalized spacial score (nSPS) is 10.5. The van der Waals surface area contributed by atoms with Gasteiger partial charge in [-0.05, 0) is 23.8 Å². The zero-order chi connectivity index (χ0) is 14.5. The van der Waals surface area contributed by atoms with Gasteiger partial charge in [-0.25, -0.2) is 4.98 Å². The second kappa shape index (κ2) is 6.22. The van der Waals surface area contributed by atoms with Crippen LogP contribution in [0.1, 0.15) is 5.56 Å². The monoisotopic (exact) mass is 280 g/mol. The molecule has 2 aromatic carbocycles. The molecule has 0 amide bonds. The molecule has 0 aliphatic rings. The van der Waals surface area contributed by atoms with Crippen LogP contribution in [0.25, 0.3) is 10.9 Å². The number of ether oxygens (including phenoxy) is 2. The van der Waals surface area contributed by atoms with Crippen molar-refractivity contribution in [3.63, 3.8) is 0 Å². The molecule has 0 bridgehead atoms. The first-order valence-corrected chi connectivity index (χ1v) is 6.83. The smallest absolute Gasteiger partial charge is 0.316 e. The maximum Gasteiger partial charge on any atom is 0.316 e. The summed E-state index contributed by atoms with van der Waals surface area (Å²) in [5, 5.41) is 1.01. The van der Waals surface area contributed by atoms with Gasteiger partial charge in [-0.2, -0.15) is 4.98 Å². The fraction of sp³-hybridized carbons (Fsp3) is 0.176. The number of nitrogens with zero attached hydrogens (tertiary/aromatic N) is 2. The van der Waals surface area contributed by atoms with Gasteiger partial charge in [-0.3, -0.25) is 0 Å². The molecule has 4 heteroatoms. The van der Waals surface area contributed by atoms with E-state index in [9.17, 15) is 0 Å². The lowest BCUT2D eigenvalue weighted by molar-refractivity contribution is 0.297. The van der Waals surface area contributed by atoms with Crippen molar-refractivity contribution in [2.75, 3.05) is 13.7 Å². The van der Waals surface area contributed by atoms with Gasteiger partial charge in [0.15, 0.2) is 0 Å². The fourth-order valence-electron chi connectivity index (χ4n) is 2.08. The van der Waals surface area contributed by atoms with E-state index < -0.39 is 0 Å². The van der Waals surface area contributed by atoms with Crippen LogP contribution in [-0.2, 0) is 6.42 Å². The molecule has 21 heavy (non-hydrogen) atoms. The van der Waals surface area contributed by atoms with Crippen LogP contribution < -0.4 is 9.47 Å². The van der Waals surface area contributed by atoms with Gasteiger partial charge in [-0.1, -0.05) is 30.3 Å². The molecule has 4 nitrogen and oxygen atoms in total. The van der Waals surface area contributed by atoms with Crippen LogP contribution in [0.5, 0.6) is 11.8 Å². The van der Waals surface area contributed by atoms with Gasteiger partial charge in [0.2, 0.25) is 0 Å². The molecule has 106 valence electrons. The van der Waals surface area contributed by atoms with Crippen molar-refractivity contribution in [3.05, 3.63) is 60.3 Å². The van der Waals surface area contributed by atoms with Crippen LogP contribution in [0, 0.1) is 0 Å². The van der Waals surface area contributed by atoms with Crippen molar-refractivity contribution >= 4 is 10.9 Å². The minimum absolute atomic E-state index is 0.419. The van der Waals surface area contributed by atoms with E-state index in [2.05, 4.69) is 9.97 Å². The standard InChI is InChI=1S/C17H16N2O2/c1-20-15-8-6-13(7-9-15)10-11-21-17-18-12-14-4-2-3-5-16(14)19-17/h2-9,12H,10-11H2,1H3. The molecular formula is C17H16N2O2. The first-order chi connectivity index (χ1) is 10.3. The molecule has 1 aromatic heterocycles. The minimum atomic E-state index is 0.419. The number of methoxy groups -OCH3 is 1. The summed E-state index contributed by atoms with van der Waals surface area (Å²) in [7, 11) is 1.66. The van der Waals surface area contributed by atoms with Gasteiger partial charge in [0.25, 0.3) is 0 Å². The molecule has 0 spiro atoms. The Morgan fingerprint density at radius 2 is 1.81 bits per heavy atom. The highest BCUT2D eigenvalue weighted by atomic mass is 16.5. The van der Waals surface area contributed by atoms with Gasteiger partial charge in [0.05, 0.1) is 19.2 Å². The van der Waals surface area contributed by atoms with Crippen molar-refractivity contribution < 1.29 is 9.47 Å². The number of benzene rings is 2. The highest BCUT2D eigenvalue weighted by Gasteiger charge is 2.01. The maximum absolute atomic E-state index is 5.62. The summed E-state index contributed by atoms with van der Waals surface area (Å²) in [6.07, 6.45) is 2.59. The van der Waals surface area contributed by atoms with E-state index in [4.69, 9.17) is 9.47 Å². The molecule has 0 saturated carbocycles. The predicted octanol–water partition coefficient (Wildman–Crippen LogP) is 3.26. The summed E-state index contributed by atoms with van der Waals surface area (Å²) in [5.41, 5.74) is 2.09. The molecule has 0 radical (unpaired) electrons. The topological polar surface area (TPSA) is 44.2 Å². The van der Waals surface area contributed by atoms with Crippen LogP contribution in [0.4, 0.5) is 0 Å². The molecule has 1 heterocycles. The Balaban J connectivity index is 1.60. The van der Waals surface area contributed by atoms with Crippen molar-refractivity contribution in [2.45, 2.75) is 6.42 Å².